The summed E-state index contributed by atoms with van der Waals surface area (Å²) in [5.74, 6) is 1.64. The van der Waals surface area contributed by atoms with Crippen LogP contribution in [-0.2, 0) is 16.6 Å². The summed E-state index contributed by atoms with van der Waals surface area (Å²) in [6.07, 6.45) is 1.58. The highest BCUT2D eigenvalue weighted by atomic mass is 32.2. The van der Waals surface area contributed by atoms with E-state index in [9.17, 15) is 8.42 Å². The molecule has 27 heavy (non-hydrogen) atoms. The van der Waals surface area contributed by atoms with Crippen molar-refractivity contribution in [1.82, 2.24) is 14.7 Å². The second kappa shape index (κ2) is 8.15. The molecule has 0 saturated carbocycles. The average Bonchev–Trinajstić information content (AvgIpc) is 2.72. The van der Waals surface area contributed by atoms with E-state index in [1.807, 2.05) is 0 Å². The van der Waals surface area contributed by atoms with E-state index in [-0.39, 0.29) is 11.4 Å². The first-order valence-electron chi connectivity index (χ1n) is 8.12. The lowest BCUT2D eigenvalue weighted by molar-refractivity contribution is 0.404. The Bertz CT molecular complexity index is 1020. The predicted molar refractivity (Wildman–Crippen MR) is 101 cm³/mol. The molecule has 0 atom stereocenters. The summed E-state index contributed by atoms with van der Waals surface area (Å²) in [6.45, 7) is -0.0304. The number of methoxy groups -OCH3 is 2. The molecule has 7 nitrogen and oxygen atoms in total. The molecule has 0 aliphatic rings. The molecular weight excluding hydrogens is 366 g/mol. The van der Waals surface area contributed by atoms with Crippen LogP contribution in [0.3, 0.4) is 0 Å². The van der Waals surface area contributed by atoms with Gasteiger partial charge in [-0.25, -0.2) is 23.1 Å². The molecule has 1 N–H and O–H groups in total. The highest BCUT2D eigenvalue weighted by molar-refractivity contribution is 7.89. The number of nitrogens with one attached hydrogen (secondary N) is 1. The Morgan fingerprint density at radius 1 is 1.00 bits per heavy atom. The van der Waals surface area contributed by atoms with Gasteiger partial charge in [0.15, 0.2) is 0 Å². The number of ether oxygens (including phenoxy) is 2. The van der Waals surface area contributed by atoms with Crippen LogP contribution in [-0.4, -0.2) is 32.6 Å². The number of hydrogen-bond acceptors (Lipinski definition) is 6. The molecule has 8 heteroatoms. The van der Waals surface area contributed by atoms with Crippen molar-refractivity contribution in [3.63, 3.8) is 0 Å². The second-order valence-corrected chi connectivity index (χ2v) is 7.33. The smallest absolute Gasteiger partial charge is 0.240 e. The van der Waals surface area contributed by atoms with Crippen LogP contribution in [0.4, 0.5) is 0 Å². The maximum atomic E-state index is 12.3. The van der Waals surface area contributed by atoms with E-state index in [0.29, 0.717) is 23.0 Å². The molecule has 0 bridgehead atoms. The lowest BCUT2D eigenvalue weighted by Crippen LogP contribution is -2.24. The number of aromatic nitrogens is 2. The maximum absolute atomic E-state index is 12.3. The maximum Gasteiger partial charge on any atom is 0.240 e. The molecule has 0 saturated heterocycles. The van der Waals surface area contributed by atoms with E-state index in [4.69, 9.17) is 9.47 Å². The lowest BCUT2D eigenvalue weighted by Gasteiger charge is -2.11. The average molecular weight is 385 g/mol. The Balaban J connectivity index is 1.85. The third kappa shape index (κ3) is 4.42. The van der Waals surface area contributed by atoms with Crippen molar-refractivity contribution < 1.29 is 17.9 Å². The number of nitrogens with zero attached hydrogens (tertiary/aromatic N) is 2. The van der Waals surface area contributed by atoms with Crippen molar-refractivity contribution in [2.45, 2.75) is 11.4 Å². The van der Waals surface area contributed by atoms with Gasteiger partial charge in [0.05, 0.1) is 31.4 Å². The van der Waals surface area contributed by atoms with Gasteiger partial charge in [0, 0.05) is 11.8 Å². The molecule has 0 radical (unpaired) electrons. The fraction of sp³-hybridized carbons (Fsp3) is 0.158. The molecule has 0 unspecified atom stereocenters. The monoisotopic (exact) mass is 385 g/mol. The number of hydrogen-bond donors (Lipinski definition) is 1. The zero-order valence-electron chi connectivity index (χ0n) is 14.9. The summed E-state index contributed by atoms with van der Waals surface area (Å²) >= 11 is 0. The lowest BCUT2D eigenvalue weighted by atomic mass is 10.1. The van der Waals surface area contributed by atoms with Gasteiger partial charge in [-0.05, 0) is 36.4 Å². The summed E-state index contributed by atoms with van der Waals surface area (Å²) in [6, 6.07) is 15.3. The van der Waals surface area contributed by atoms with Crippen LogP contribution in [0.2, 0.25) is 0 Å². The largest absolute Gasteiger partial charge is 0.497 e. The minimum Gasteiger partial charge on any atom is -0.497 e. The summed E-state index contributed by atoms with van der Waals surface area (Å²) < 4.78 is 37.8. The number of sulfonamides is 1. The zero-order valence-corrected chi connectivity index (χ0v) is 15.7. The van der Waals surface area contributed by atoms with Gasteiger partial charge in [0.25, 0.3) is 0 Å². The molecule has 0 spiro atoms. The fourth-order valence-electron chi connectivity index (χ4n) is 2.49. The van der Waals surface area contributed by atoms with Crippen LogP contribution in [0, 0.1) is 0 Å². The normalized spacial score (nSPS) is 11.2. The first kappa shape index (κ1) is 18.8. The van der Waals surface area contributed by atoms with Gasteiger partial charge in [-0.15, -0.1) is 0 Å². The van der Waals surface area contributed by atoms with Crippen molar-refractivity contribution in [2.24, 2.45) is 0 Å². The van der Waals surface area contributed by atoms with Crippen molar-refractivity contribution in [3.05, 3.63) is 66.6 Å². The Labute approximate surface area is 158 Å². The van der Waals surface area contributed by atoms with Crippen LogP contribution in [0.25, 0.3) is 11.3 Å². The van der Waals surface area contributed by atoms with Crippen LogP contribution in [0.15, 0.2) is 65.7 Å². The van der Waals surface area contributed by atoms with Gasteiger partial charge < -0.3 is 9.47 Å². The van der Waals surface area contributed by atoms with Crippen LogP contribution in [0.5, 0.6) is 11.5 Å². The van der Waals surface area contributed by atoms with Crippen LogP contribution < -0.4 is 14.2 Å². The second-order valence-electron chi connectivity index (χ2n) is 5.56. The zero-order chi connectivity index (χ0) is 19.3. The number of rotatable bonds is 7. The molecule has 140 valence electrons. The fourth-order valence-corrected chi connectivity index (χ4v) is 3.49. The Morgan fingerprint density at radius 3 is 2.48 bits per heavy atom. The van der Waals surface area contributed by atoms with Gasteiger partial charge in [0.2, 0.25) is 10.0 Å². The molecular formula is C19H19N3O4S. The van der Waals surface area contributed by atoms with E-state index in [1.54, 1.807) is 62.9 Å². The first-order valence-corrected chi connectivity index (χ1v) is 9.61. The molecule has 0 aliphatic carbocycles. The molecule has 3 rings (SSSR count). The number of benzene rings is 2. The van der Waals surface area contributed by atoms with E-state index < -0.39 is 10.0 Å². The molecule has 2 aromatic carbocycles. The van der Waals surface area contributed by atoms with Gasteiger partial charge in [0.1, 0.15) is 17.3 Å². The quantitative estimate of drug-likeness (QED) is 0.672. The minimum atomic E-state index is -3.63. The van der Waals surface area contributed by atoms with E-state index >= 15 is 0 Å². The molecule has 3 aromatic rings. The van der Waals surface area contributed by atoms with E-state index in [1.165, 1.54) is 12.1 Å². The topological polar surface area (TPSA) is 90.4 Å². The standard InChI is InChI=1S/C19H19N3O4S/c1-25-14-8-9-18(26-2)16(12-14)17-10-11-20-19(22-17)13-21-27(23,24)15-6-4-3-5-7-15/h3-12,21H,13H2,1-2H3. The van der Waals surface area contributed by atoms with Crippen molar-refractivity contribution in [3.8, 4) is 22.8 Å². The molecule has 1 heterocycles. The third-order valence-corrected chi connectivity index (χ3v) is 5.28. The van der Waals surface area contributed by atoms with Crippen LogP contribution in [0.1, 0.15) is 5.82 Å². The highest BCUT2D eigenvalue weighted by Crippen LogP contribution is 2.32. The Morgan fingerprint density at radius 2 is 1.78 bits per heavy atom. The summed E-state index contributed by atoms with van der Waals surface area (Å²) in [7, 11) is -0.485. The highest BCUT2D eigenvalue weighted by Gasteiger charge is 2.15. The molecule has 0 amide bonds. The summed E-state index contributed by atoms with van der Waals surface area (Å²) in [5.41, 5.74) is 1.33. The molecule has 1 aromatic heterocycles. The van der Waals surface area contributed by atoms with Gasteiger partial charge in [-0.3, -0.25) is 0 Å². The van der Waals surface area contributed by atoms with Crippen molar-refractivity contribution >= 4 is 10.0 Å². The SMILES string of the molecule is COc1ccc(OC)c(-c2ccnc(CNS(=O)(=O)c3ccccc3)n2)c1. The third-order valence-electron chi connectivity index (χ3n) is 3.86. The summed E-state index contributed by atoms with van der Waals surface area (Å²) in [5, 5.41) is 0. The minimum absolute atomic E-state index is 0.0304. The van der Waals surface area contributed by atoms with Gasteiger partial charge in [-0.1, -0.05) is 18.2 Å². The van der Waals surface area contributed by atoms with E-state index in [0.717, 1.165) is 5.56 Å². The van der Waals surface area contributed by atoms with Gasteiger partial charge in [-0.2, -0.15) is 0 Å². The van der Waals surface area contributed by atoms with Gasteiger partial charge >= 0.3 is 0 Å². The Kier molecular flexibility index (Phi) is 5.68. The van der Waals surface area contributed by atoms with Crippen molar-refractivity contribution in [2.75, 3.05) is 14.2 Å². The first-order chi connectivity index (χ1) is 13.0. The van der Waals surface area contributed by atoms with Crippen molar-refractivity contribution in [1.29, 1.82) is 0 Å². The molecule has 0 aliphatic heterocycles. The Hall–Kier alpha value is -2.97. The molecule has 0 fully saturated rings. The van der Waals surface area contributed by atoms with Crippen LogP contribution >= 0.6 is 0 Å². The van der Waals surface area contributed by atoms with E-state index in [2.05, 4.69) is 14.7 Å². The summed E-state index contributed by atoms with van der Waals surface area (Å²) in [4.78, 5) is 8.79. The predicted octanol–water partition coefficient (Wildman–Crippen LogP) is 2.64.